The minimum Gasteiger partial charge on any atom is -0.496 e. The third-order valence-corrected chi connectivity index (χ3v) is 6.38. The van der Waals surface area contributed by atoms with Crippen LogP contribution >= 0.6 is 0 Å². The zero-order valence-corrected chi connectivity index (χ0v) is 19.8. The van der Waals surface area contributed by atoms with Crippen LogP contribution in [0, 0.1) is 30.6 Å². The van der Waals surface area contributed by atoms with Gasteiger partial charge in [-0.25, -0.2) is 0 Å². The minimum absolute atomic E-state index is 0.213. The number of hydrogen-bond acceptors (Lipinski definition) is 6. The SMILES string of the molecule is COc1cc(-c2ccc(NC3CC(C(=O)O)CCO3)cc2C#CC2CCOC2)cc(OC)c1C. The van der Waals surface area contributed by atoms with Crippen molar-refractivity contribution < 1.29 is 28.8 Å². The van der Waals surface area contributed by atoms with Gasteiger partial charge >= 0.3 is 5.97 Å². The fourth-order valence-corrected chi connectivity index (χ4v) is 4.37. The molecule has 0 saturated carbocycles. The zero-order valence-electron chi connectivity index (χ0n) is 19.8. The number of rotatable bonds is 6. The van der Waals surface area contributed by atoms with E-state index in [0.29, 0.717) is 26.1 Å². The van der Waals surface area contributed by atoms with E-state index in [1.54, 1.807) is 14.2 Å². The van der Waals surface area contributed by atoms with Crippen LogP contribution in [-0.4, -0.2) is 51.3 Å². The largest absolute Gasteiger partial charge is 0.496 e. The van der Waals surface area contributed by atoms with E-state index in [9.17, 15) is 9.90 Å². The molecule has 0 amide bonds. The highest BCUT2D eigenvalue weighted by Gasteiger charge is 2.27. The lowest BCUT2D eigenvalue weighted by Crippen LogP contribution is -2.35. The standard InChI is InChI=1S/C27H31NO6/c1-17-24(31-2)13-21(14-25(17)32-3)23-7-6-22(12-19(23)5-4-18-8-10-33-16-18)28-26-15-20(27(29)30)9-11-34-26/h6-7,12-14,18,20,26,28H,8-11,15-16H2,1-3H3,(H,29,30). The lowest BCUT2D eigenvalue weighted by molar-refractivity contribution is -0.146. The molecule has 0 aromatic heterocycles. The van der Waals surface area contributed by atoms with E-state index in [-0.39, 0.29) is 12.1 Å². The number of aliphatic carboxylic acids is 1. The van der Waals surface area contributed by atoms with Crippen LogP contribution in [0.2, 0.25) is 0 Å². The molecule has 0 radical (unpaired) electrons. The van der Waals surface area contributed by atoms with Crippen molar-refractivity contribution in [3.63, 3.8) is 0 Å². The van der Waals surface area contributed by atoms with Gasteiger partial charge in [0.15, 0.2) is 0 Å². The van der Waals surface area contributed by atoms with Crippen molar-refractivity contribution in [2.75, 3.05) is 39.4 Å². The summed E-state index contributed by atoms with van der Waals surface area (Å²) < 4.78 is 22.4. The van der Waals surface area contributed by atoms with Crippen LogP contribution in [0.15, 0.2) is 30.3 Å². The second kappa shape index (κ2) is 10.8. The van der Waals surface area contributed by atoms with E-state index in [2.05, 4.69) is 17.2 Å². The number of methoxy groups -OCH3 is 2. The van der Waals surface area contributed by atoms with Crippen molar-refractivity contribution in [1.29, 1.82) is 0 Å². The smallest absolute Gasteiger partial charge is 0.306 e. The molecule has 7 nitrogen and oxygen atoms in total. The Morgan fingerprint density at radius 1 is 1.12 bits per heavy atom. The highest BCUT2D eigenvalue weighted by Crippen LogP contribution is 2.36. The monoisotopic (exact) mass is 465 g/mol. The molecule has 2 N–H and O–H groups in total. The van der Waals surface area contributed by atoms with Gasteiger partial charge in [-0.05, 0) is 55.2 Å². The first-order valence-corrected chi connectivity index (χ1v) is 11.6. The maximum atomic E-state index is 11.4. The van der Waals surface area contributed by atoms with E-state index in [0.717, 1.165) is 52.5 Å². The minimum atomic E-state index is -0.780. The van der Waals surface area contributed by atoms with Crippen LogP contribution in [0.5, 0.6) is 11.5 Å². The van der Waals surface area contributed by atoms with Crippen LogP contribution in [0.4, 0.5) is 5.69 Å². The third kappa shape index (κ3) is 5.46. The molecule has 2 saturated heterocycles. The topological polar surface area (TPSA) is 86.3 Å². The summed E-state index contributed by atoms with van der Waals surface area (Å²) in [4.78, 5) is 11.4. The number of carboxylic acids is 1. The summed E-state index contributed by atoms with van der Waals surface area (Å²) in [6, 6.07) is 9.95. The number of nitrogens with one attached hydrogen (secondary N) is 1. The summed E-state index contributed by atoms with van der Waals surface area (Å²) in [6.07, 6.45) is 1.52. The first kappa shape index (κ1) is 23.9. The lowest BCUT2D eigenvalue weighted by atomic mass is 9.96. The Labute approximate surface area is 200 Å². The molecular weight excluding hydrogens is 434 g/mol. The number of carbonyl (C=O) groups is 1. The van der Waals surface area contributed by atoms with Gasteiger partial charge in [0.2, 0.25) is 0 Å². The van der Waals surface area contributed by atoms with E-state index in [4.69, 9.17) is 18.9 Å². The molecule has 3 atom stereocenters. The quantitative estimate of drug-likeness (QED) is 0.615. The number of benzene rings is 2. The predicted octanol–water partition coefficient (Wildman–Crippen LogP) is 4.32. The number of ether oxygens (including phenoxy) is 4. The average Bonchev–Trinajstić information content (AvgIpc) is 3.37. The summed E-state index contributed by atoms with van der Waals surface area (Å²) in [6.45, 7) is 3.77. The van der Waals surface area contributed by atoms with E-state index in [1.807, 2.05) is 37.3 Å². The Morgan fingerprint density at radius 2 is 1.88 bits per heavy atom. The molecule has 2 aromatic carbocycles. The Morgan fingerprint density at radius 3 is 2.53 bits per heavy atom. The summed E-state index contributed by atoms with van der Waals surface area (Å²) in [7, 11) is 3.29. The number of carboxylic acid groups (broad SMARTS) is 1. The Bertz CT molecular complexity index is 1070. The van der Waals surface area contributed by atoms with Gasteiger partial charge in [-0.15, -0.1) is 0 Å². The highest BCUT2D eigenvalue weighted by atomic mass is 16.5. The molecule has 7 heteroatoms. The molecule has 2 fully saturated rings. The molecule has 2 aliphatic heterocycles. The lowest BCUT2D eigenvalue weighted by Gasteiger charge is -2.28. The van der Waals surface area contributed by atoms with Crippen molar-refractivity contribution >= 4 is 11.7 Å². The molecule has 4 rings (SSSR count). The van der Waals surface area contributed by atoms with Crippen molar-refractivity contribution in [1.82, 2.24) is 0 Å². The van der Waals surface area contributed by atoms with Crippen molar-refractivity contribution in [3.8, 4) is 34.5 Å². The highest BCUT2D eigenvalue weighted by molar-refractivity contribution is 5.77. The zero-order chi connectivity index (χ0) is 24.1. The van der Waals surface area contributed by atoms with Gasteiger partial charge in [0, 0.05) is 42.4 Å². The maximum Gasteiger partial charge on any atom is 0.306 e. The summed E-state index contributed by atoms with van der Waals surface area (Å²) >= 11 is 0. The number of anilines is 1. The van der Waals surface area contributed by atoms with Crippen molar-refractivity contribution in [3.05, 3.63) is 41.5 Å². The van der Waals surface area contributed by atoms with E-state index < -0.39 is 11.9 Å². The first-order chi connectivity index (χ1) is 16.5. The van der Waals surface area contributed by atoms with E-state index in [1.165, 1.54) is 0 Å². The predicted molar refractivity (Wildman–Crippen MR) is 129 cm³/mol. The molecule has 2 heterocycles. The van der Waals surface area contributed by atoms with Crippen molar-refractivity contribution in [2.24, 2.45) is 11.8 Å². The van der Waals surface area contributed by atoms with Gasteiger partial charge < -0.3 is 29.4 Å². The third-order valence-electron chi connectivity index (χ3n) is 6.38. The molecule has 34 heavy (non-hydrogen) atoms. The normalized spacial score (nSPS) is 21.9. The van der Waals surface area contributed by atoms with Gasteiger partial charge in [-0.3, -0.25) is 4.79 Å². The summed E-state index contributed by atoms with van der Waals surface area (Å²) in [5, 5.41) is 12.7. The number of hydrogen-bond donors (Lipinski definition) is 2. The fourth-order valence-electron chi connectivity index (χ4n) is 4.37. The van der Waals surface area contributed by atoms with E-state index >= 15 is 0 Å². The molecule has 2 aromatic rings. The van der Waals surface area contributed by atoms with Crippen molar-refractivity contribution in [2.45, 2.75) is 32.4 Å². The van der Waals surface area contributed by atoms with Gasteiger partial charge in [-0.1, -0.05) is 17.9 Å². The van der Waals surface area contributed by atoms with Crippen LogP contribution in [0.3, 0.4) is 0 Å². The second-order valence-electron chi connectivity index (χ2n) is 8.66. The summed E-state index contributed by atoms with van der Waals surface area (Å²) in [5.41, 5.74) is 4.53. The average molecular weight is 466 g/mol. The van der Waals surface area contributed by atoms with Gasteiger partial charge in [-0.2, -0.15) is 0 Å². The fraction of sp³-hybridized carbons (Fsp3) is 0.444. The van der Waals surface area contributed by atoms with Crippen LogP contribution in [0.25, 0.3) is 11.1 Å². The molecule has 0 aliphatic carbocycles. The van der Waals surface area contributed by atoms with Crippen LogP contribution < -0.4 is 14.8 Å². The Balaban J connectivity index is 1.68. The molecule has 3 unspecified atom stereocenters. The molecule has 0 spiro atoms. The first-order valence-electron chi connectivity index (χ1n) is 11.6. The molecule has 2 aliphatic rings. The molecule has 0 bridgehead atoms. The second-order valence-corrected chi connectivity index (χ2v) is 8.66. The summed E-state index contributed by atoms with van der Waals surface area (Å²) in [5.74, 6) is 7.24. The van der Waals surface area contributed by atoms with Crippen LogP contribution in [-0.2, 0) is 14.3 Å². The maximum absolute atomic E-state index is 11.4. The van der Waals surface area contributed by atoms with Crippen LogP contribution in [0.1, 0.15) is 30.4 Å². The Hall–Kier alpha value is -3.21. The van der Waals surface area contributed by atoms with Gasteiger partial charge in [0.25, 0.3) is 0 Å². The van der Waals surface area contributed by atoms with Gasteiger partial charge in [0.05, 0.1) is 26.7 Å². The molecule has 180 valence electrons. The van der Waals surface area contributed by atoms with Gasteiger partial charge in [0.1, 0.15) is 17.7 Å². The molecular formula is C27H31NO6. The Kier molecular flexibility index (Phi) is 7.61.